The molecule has 5 aromatic carbocycles. The van der Waals surface area contributed by atoms with Gasteiger partial charge in [-0.25, -0.2) is 4.39 Å². The third-order valence-corrected chi connectivity index (χ3v) is 12.0. The molecule has 3 heterocycles. The van der Waals surface area contributed by atoms with E-state index in [0.29, 0.717) is 13.2 Å². The summed E-state index contributed by atoms with van der Waals surface area (Å²) in [6, 6.07) is 28.9. The number of fused-ring (bicyclic) bond motifs is 8. The van der Waals surface area contributed by atoms with Gasteiger partial charge in [-0.3, -0.25) is 0 Å². The molecule has 1 atom stereocenters. The molecule has 2 saturated heterocycles. The van der Waals surface area contributed by atoms with E-state index in [-0.39, 0.29) is 11.2 Å². The van der Waals surface area contributed by atoms with Crippen molar-refractivity contribution in [3.8, 4) is 22.6 Å². The maximum atomic E-state index is 14.5. The van der Waals surface area contributed by atoms with Crippen LogP contribution in [0.25, 0.3) is 28.0 Å². The fraction of sp³-hybridized carbons (Fsp3) is 0.333. The maximum Gasteiger partial charge on any atom is 0.178 e. The molecule has 0 spiro atoms. The van der Waals surface area contributed by atoms with Gasteiger partial charge in [0.25, 0.3) is 0 Å². The first-order chi connectivity index (χ1) is 25.5. The summed E-state index contributed by atoms with van der Waals surface area (Å²) in [6.07, 6.45) is 6.39. The summed E-state index contributed by atoms with van der Waals surface area (Å²) in [5.74, 6) is 1.35. The number of hydrogen-bond donors (Lipinski definition) is 0. The second-order valence-corrected chi connectivity index (χ2v) is 14.3. The number of rotatable bonds is 7. The van der Waals surface area contributed by atoms with Crippen molar-refractivity contribution in [2.75, 3.05) is 69.5 Å². The van der Waals surface area contributed by atoms with Crippen molar-refractivity contribution in [3.05, 3.63) is 125 Å². The highest BCUT2D eigenvalue weighted by Gasteiger charge is 2.47. The Morgan fingerprint density at radius 1 is 0.750 bits per heavy atom. The molecule has 9 rings (SSSR count). The lowest BCUT2D eigenvalue weighted by Crippen LogP contribution is -2.37. The van der Waals surface area contributed by atoms with Gasteiger partial charge < -0.3 is 28.7 Å². The average Bonchev–Trinajstić information content (AvgIpc) is 3.52. The Balaban J connectivity index is 1.32. The number of benzene rings is 5. The van der Waals surface area contributed by atoms with E-state index in [0.717, 1.165) is 103 Å². The zero-order chi connectivity index (χ0) is 35.5. The molecule has 0 saturated carbocycles. The number of halogens is 1. The van der Waals surface area contributed by atoms with Gasteiger partial charge in [0.15, 0.2) is 5.60 Å². The lowest BCUT2D eigenvalue weighted by atomic mass is 9.71. The van der Waals surface area contributed by atoms with Crippen molar-refractivity contribution in [1.29, 1.82) is 0 Å². The van der Waals surface area contributed by atoms with Crippen LogP contribution in [0.1, 0.15) is 54.5 Å². The molecule has 0 amide bonds. The largest absolute Gasteiger partial charge is 0.495 e. The quantitative estimate of drug-likeness (QED) is 0.169. The van der Waals surface area contributed by atoms with E-state index < -0.39 is 5.60 Å². The third-order valence-electron chi connectivity index (χ3n) is 12.0. The first-order valence-corrected chi connectivity index (χ1v) is 18.7. The highest BCUT2D eigenvalue weighted by Crippen LogP contribution is 2.61. The number of nitrogens with zero attached hydrogens (tertiary/aromatic N) is 2. The Bertz CT molecular complexity index is 2160. The molecule has 4 aliphatic rings. The minimum absolute atomic E-state index is 0.188. The molecule has 7 heteroatoms. The van der Waals surface area contributed by atoms with Crippen LogP contribution in [-0.2, 0) is 20.5 Å². The van der Waals surface area contributed by atoms with Gasteiger partial charge in [0, 0.05) is 59.4 Å². The molecular formula is C45H45FN2O4. The Morgan fingerprint density at radius 2 is 1.38 bits per heavy atom. The Kier molecular flexibility index (Phi) is 8.24. The second kappa shape index (κ2) is 13.0. The van der Waals surface area contributed by atoms with Crippen LogP contribution in [0.15, 0.2) is 91.0 Å². The lowest BCUT2D eigenvalue weighted by molar-refractivity contribution is 0.122. The van der Waals surface area contributed by atoms with Crippen LogP contribution in [0.2, 0.25) is 0 Å². The summed E-state index contributed by atoms with van der Waals surface area (Å²) in [4.78, 5) is 4.73. The van der Waals surface area contributed by atoms with Gasteiger partial charge in [-0.15, -0.1) is 0 Å². The summed E-state index contributed by atoms with van der Waals surface area (Å²) < 4.78 is 39.6. The third kappa shape index (κ3) is 4.96. The predicted molar refractivity (Wildman–Crippen MR) is 207 cm³/mol. The lowest BCUT2D eigenvalue weighted by Gasteiger charge is -2.40. The number of ether oxygens (including phenoxy) is 4. The van der Waals surface area contributed by atoms with Gasteiger partial charge >= 0.3 is 0 Å². The van der Waals surface area contributed by atoms with E-state index in [2.05, 4.69) is 96.5 Å². The van der Waals surface area contributed by atoms with Crippen LogP contribution in [0.5, 0.6) is 11.5 Å². The SMILES string of the molecule is CCC1(CC)c2ccccc2-c2c1c1c(c3cc(OC)c(N4CCOCC4)cc23)OC(c2ccc(F)cc2)(c2ccc(N3CCOCC3)cc2)C=C1. The van der Waals surface area contributed by atoms with E-state index in [9.17, 15) is 4.39 Å². The van der Waals surface area contributed by atoms with Crippen molar-refractivity contribution >= 4 is 28.2 Å². The standard InChI is InChI=1S/C45H45FN2O4/c1-4-44(5-2)38-9-7-6-8-34(38)41-36-28-39(48-22-26-51-27-23-48)40(49-3)29-37(36)43-35(42(41)44)18-19-45(52-43,30-10-14-32(46)15-11-30)31-12-16-33(17-13-31)47-20-24-50-25-21-47/h6-19,28-29H,4-5,20-27H2,1-3H3. The highest BCUT2D eigenvalue weighted by molar-refractivity contribution is 6.10. The van der Waals surface area contributed by atoms with Crippen molar-refractivity contribution in [2.45, 2.75) is 37.7 Å². The summed E-state index contributed by atoms with van der Waals surface area (Å²) in [5.41, 5.74) is 9.23. The second-order valence-electron chi connectivity index (χ2n) is 14.3. The molecule has 0 bridgehead atoms. The topological polar surface area (TPSA) is 43.4 Å². The zero-order valence-corrected chi connectivity index (χ0v) is 30.2. The number of anilines is 2. The summed E-state index contributed by atoms with van der Waals surface area (Å²) in [7, 11) is 1.75. The minimum Gasteiger partial charge on any atom is -0.495 e. The fourth-order valence-corrected chi connectivity index (χ4v) is 9.30. The van der Waals surface area contributed by atoms with E-state index >= 15 is 0 Å². The summed E-state index contributed by atoms with van der Waals surface area (Å²) in [6.45, 7) is 10.7. The van der Waals surface area contributed by atoms with E-state index in [1.54, 1.807) is 7.11 Å². The monoisotopic (exact) mass is 696 g/mol. The maximum absolute atomic E-state index is 14.5. The molecule has 0 aromatic heterocycles. The van der Waals surface area contributed by atoms with Crippen molar-refractivity contribution in [2.24, 2.45) is 0 Å². The average molecular weight is 697 g/mol. The molecule has 5 aromatic rings. The van der Waals surface area contributed by atoms with Crippen LogP contribution >= 0.6 is 0 Å². The number of hydrogen-bond acceptors (Lipinski definition) is 6. The Morgan fingerprint density at radius 3 is 2.04 bits per heavy atom. The van der Waals surface area contributed by atoms with Crippen LogP contribution in [0, 0.1) is 5.82 Å². The van der Waals surface area contributed by atoms with Crippen molar-refractivity contribution in [3.63, 3.8) is 0 Å². The zero-order valence-electron chi connectivity index (χ0n) is 30.2. The first kappa shape index (κ1) is 33.0. The molecule has 2 fully saturated rings. The van der Waals surface area contributed by atoms with Gasteiger partial charge in [0.2, 0.25) is 0 Å². The fourth-order valence-electron chi connectivity index (χ4n) is 9.30. The van der Waals surface area contributed by atoms with Gasteiger partial charge in [-0.2, -0.15) is 0 Å². The molecule has 0 N–H and O–H groups in total. The van der Waals surface area contributed by atoms with Crippen LogP contribution < -0.4 is 19.3 Å². The molecule has 6 nitrogen and oxygen atoms in total. The first-order valence-electron chi connectivity index (χ1n) is 18.7. The normalized spacial score (nSPS) is 20.3. The van der Waals surface area contributed by atoms with Gasteiger partial charge in [0.05, 0.1) is 39.2 Å². The molecule has 52 heavy (non-hydrogen) atoms. The van der Waals surface area contributed by atoms with Crippen LogP contribution in [0.3, 0.4) is 0 Å². The molecule has 1 aliphatic carbocycles. The van der Waals surface area contributed by atoms with E-state index in [4.69, 9.17) is 18.9 Å². The van der Waals surface area contributed by atoms with Crippen molar-refractivity contribution in [1.82, 2.24) is 0 Å². The molecule has 266 valence electrons. The summed E-state index contributed by atoms with van der Waals surface area (Å²) in [5, 5.41) is 2.15. The molecule has 3 aliphatic heterocycles. The smallest absolute Gasteiger partial charge is 0.178 e. The molecule has 0 radical (unpaired) electrons. The number of morpholine rings is 2. The Labute approximate surface area is 305 Å². The Hall–Kier alpha value is -4.85. The van der Waals surface area contributed by atoms with E-state index in [1.165, 1.54) is 34.4 Å². The van der Waals surface area contributed by atoms with Gasteiger partial charge in [0.1, 0.15) is 17.3 Å². The van der Waals surface area contributed by atoms with Crippen LogP contribution in [-0.4, -0.2) is 59.7 Å². The van der Waals surface area contributed by atoms with Crippen LogP contribution in [0.4, 0.5) is 15.8 Å². The predicted octanol–water partition coefficient (Wildman–Crippen LogP) is 9.10. The molecule has 1 unspecified atom stereocenters. The van der Waals surface area contributed by atoms with Gasteiger partial charge in [-0.1, -0.05) is 68.5 Å². The number of methoxy groups -OCH3 is 1. The molecular weight excluding hydrogens is 652 g/mol. The highest BCUT2D eigenvalue weighted by atomic mass is 19.1. The minimum atomic E-state index is -1.01. The van der Waals surface area contributed by atoms with E-state index in [1.807, 2.05) is 12.1 Å². The van der Waals surface area contributed by atoms with Gasteiger partial charge in [-0.05, 0) is 83.0 Å². The van der Waals surface area contributed by atoms with Crippen molar-refractivity contribution < 1.29 is 23.3 Å². The summed E-state index contributed by atoms with van der Waals surface area (Å²) >= 11 is 0.